The maximum absolute atomic E-state index is 12.4. The summed E-state index contributed by atoms with van der Waals surface area (Å²) in [5, 5.41) is 10.7. The number of carbonyl (C=O) groups is 1. The van der Waals surface area contributed by atoms with E-state index in [1.54, 1.807) is 0 Å². The minimum Gasteiger partial charge on any atom is -0.362 e. The molecule has 0 bridgehead atoms. The van der Waals surface area contributed by atoms with Crippen LogP contribution in [0.5, 0.6) is 0 Å². The molecule has 0 unspecified atom stereocenters. The van der Waals surface area contributed by atoms with E-state index in [1.165, 1.54) is 0 Å². The molecule has 1 heterocycles. The second-order valence-electron chi connectivity index (χ2n) is 8.99. The van der Waals surface area contributed by atoms with Gasteiger partial charge >= 0.3 is 6.03 Å². The van der Waals surface area contributed by atoms with Gasteiger partial charge in [-0.3, -0.25) is 0 Å². The molecule has 174 valence electrons. The third kappa shape index (κ3) is 5.72. The van der Waals surface area contributed by atoms with Gasteiger partial charge in [0.25, 0.3) is 0 Å². The smallest absolute Gasteiger partial charge is 0.319 e. The number of anilines is 3. The normalized spacial score (nSPS) is 18.0. The quantitative estimate of drug-likeness (QED) is 0.473. The molecule has 1 aliphatic carbocycles. The molecule has 33 heavy (non-hydrogen) atoms. The molecule has 7 heteroatoms. The van der Waals surface area contributed by atoms with E-state index in [0.29, 0.717) is 24.5 Å². The van der Waals surface area contributed by atoms with Crippen LogP contribution in [0.2, 0.25) is 0 Å². The SMILES string of the molecule is CCc1ccccc1NC(=O)NCC1CCC(Nc2nc(N(C)C)c3ccccc3n2)CC1. The van der Waals surface area contributed by atoms with Gasteiger partial charge in [0.15, 0.2) is 0 Å². The Hall–Kier alpha value is -3.35. The molecule has 2 aromatic carbocycles. The fourth-order valence-corrected chi connectivity index (χ4v) is 4.51. The van der Waals surface area contributed by atoms with E-state index in [4.69, 9.17) is 9.97 Å². The van der Waals surface area contributed by atoms with Crippen LogP contribution in [0.3, 0.4) is 0 Å². The first-order valence-electron chi connectivity index (χ1n) is 11.9. The van der Waals surface area contributed by atoms with Gasteiger partial charge in [0.2, 0.25) is 5.95 Å². The second kappa shape index (κ2) is 10.5. The summed E-state index contributed by atoms with van der Waals surface area (Å²) >= 11 is 0. The van der Waals surface area contributed by atoms with Crippen molar-refractivity contribution in [2.75, 3.05) is 36.2 Å². The number of aryl methyl sites for hydroxylation is 1. The molecule has 3 aromatic rings. The first-order valence-corrected chi connectivity index (χ1v) is 11.9. The maximum Gasteiger partial charge on any atom is 0.319 e. The molecule has 0 saturated heterocycles. The lowest BCUT2D eigenvalue weighted by atomic mass is 9.86. The summed E-state index contributed by atoms with van der Waals surface area (Å²) in [5.74, 6) is 2.11. The number of para-hydroxylation sites is 2. The Morgan fingerprint density at radius 2 is 1.73 bits per heavy atom. The van der Waals surface area contributed by atoms with E-state index < -0.39 is 0 Å². The fourth-order valence-electron chi connectivity index (χ4n) is 4.51. The van der Waals surface area contributed by atoms with E-state index >= 15 is 0 Å². The highest BCUT2D eigenvalue weighted by atomic mass is 16.2. The first-order chi connectivity index (χ1) is 16.0. The number of nitrogens with one attached hydrogen (secondary N) is 3. The molecular formula is C26H34N6O. The number of carbonyl (C=O) groups excluding carboxylic acids is 1. The number of fused-ring (bicyclic) bond motifs is 1. The van der Waals surface area contributed by atoms with Crippen LogP contribution >= 0.6 is 0 Å². The third-order valence-corrected chi connectivity index (χ3v) is 6.38. The first kappa shape index (κ1) is 22.8. The summed E-state index contributed by atoms with van der Waals surface area (Å²) in [6.45, 7) is 2.79. The number of urea groups is 1. The molecule has 0 aliphatic heterocycles. The Bertz CT molecular complexity index is 1090. The number of nitrogens with zero attached hydrogens (tertiary/aromatic N) is 3. The van der Waals surface area contributed by atoms with Crippen molar-refractivity contribution in [3.8, 4) is 0 Å². The predicted octanol–water partition coefficient (Wildman–Crippen LogP) is 5.05. The Balaban J connectivity index is 1.27. The molecule has 7 nitrogen and oxygen atoms in total. The molecular weight excluding hydrogens is 412 g/mol. The van der Waals surface area contributed by atoms with Gasteiger partial charge < -0.3 is 20.9 Å². The molecule has 1 saturated carbocycles. The minimum absolute atomic E-state index is 0.128. The lowest BCUT2D eigenvalue weighted by Gasteiger charge is -2.29. The Morgan fingerprint density at radius 1 is 1.00 bits per heavy atom. The average Bonchev–Trinajstić information content (AvgIpc) is 2.83. The molecule has 1 aromatic heterocycles. The van der Waals surface area contributed by atoms with Crippen LogP contribution in [0.15, 0.2) is 48.5 Å². The highest BCUT2D eigenvalue weighted by Crippen LogP contribution is 2.28. The van der Waals surface area contributed by atoms with Crippen molar-refractivity contribution >= 4 is 34.4 Å². The summed E-state index contributed by atoms with van der Waals surface area (Å²) in [4.78, 5) is 23.9. The largest absolute Gasteiger partial charge is 0.362 e. The van der Waals surface area contributed by atoms with E-state index in [0.717, 1.165) is 60.1 Å². The highest BCUT2D eigenvalue weighted by Gasteiger charge is 2.23. The van der Waals surface area contributed by atoms with Gasteiger partial charge in [-0.25, -0.2) is 9.78 Å². The number of hydrogen-bond donors (Lipinski definition) is 3. The zero-order valence-electron chi connectivity index (χ0n) is 19.8. The van der Waals surface area contributed by atoms with Gasteiger partial charge in [-0.05, 0) is 61.8 Å². The number of hydrogen-bond acceptors (Lipinski definition) is 5. The number of benzene rings is 2. The van der Waals surface area contributed by atoms with Crippen molar-refractivity contribution in [3.63, 3.8) is 0 Å². The van der Waals surface area contributed by atoms with Crippen LogP contribution in [0.25, 0.3) is 10.9 Å². The zero-order chi connectivity index (χ0) is 23.2. The van der Waals surface area contributed by atoms with Crippen LogP contribution in [0.4, 0.5) is 22.2 Å². The van der Waals surface area contributed by atoms with Crippen LogP contribution in [-0.4, -0.2) is 42.7 Å². The van der Waals surface area contributed by atoms with E-state index in [-0.39, 0.29) is 6.03 Å². The molecule has 1 aliphatic rings. The van der Waals surface area contributed by atoms with Crippen molar-refractivity contribution in [1.29, 1.82) is 0 Å². The predicted molar refractivity (Wildman–Crippen MR) is 136 cm³/mol. The van der Waals surface area contributed by atoms with E-state index in [1.807, 2.05) is 61.5 Å². The second-order valence-corrected chi connectivity index (χ2v) is 8.99. The van der Waals surface area contributed by atoms with Gasteiger partial charge in [-0.15, -0.1) is 0 Å². The van der Waals surface area contributed by atoms with Gasteiger partial charge in [-0.1, -0.05) is 37.3 Å². The maximum atomic E-state index is 12.4. The molecule has 3 N–H and O–H groups in total. The summed E-state index contributed by atoms with van der Waals surface area (Å²) in [5.41, 5.74) is 2.98. The Morgan fingerprint density at radius 3 is 2.48 bits per heavy atom. The summed E-state index contributed by atoms with van der Waals surface area (Å²) in [6.07, 6.45) is 5.11. The zero-order valence-corrected chi connectivity index (χ0v) is 19.8. The Labute approximate surface area is 196 Å². The van der Waals surface area contributed by atoms with Crippen molar-refractivity contribution in [3.05, 3.63) is 54.1 Å². The van der Waals surface area contributed by atoms with E-state index in [2.05, 4.69) is 28.9 Å². The van der Waals surface area contributed by atoms with Crippen LogP contribution in [-0.2, 0) is 6.42 Å². The molecule has 1 fully saturated rings. The Kier molecular flexibility index (Phi) is 7.27. The van der Waals surface area contributed by atoms with Crippen molar-refractivity contribution in [2.45, 2.75) is 45.1 Å². The summed E-state index contributed by atoms with van der Waals surface area (Å²) < 4.78 is 0. The number of amides is 2. The molecule has 4 rings (SSSR count). The molecule has 0 radical (unpaired) electrons. The summed E-state index contributed by atoms with van der Waals surface area (Å²) in [7, 11) is 4.02. The van der Waals surface area contributed by atoms with Crippen molar-refractivity contribution < 1.29 is 4.79 Å². The number of aromatic nitrogens is 2. The molecule has 0 atom stereocenters. The average molecular weight is 447 g/mol. The number of rotatable bonds is 7. The van der Waals surface area contributed by atoms with Crippen LogP contribution < -0.4 is 20.9 Å². The minimum atomic E-state index is -0.128. The topological polar surface area (TPSA) is 82.2 Å². The lowest BCUT2D eigenvalue weighted by Crippen LogP contribution is -2.36. The van der Waals surface area contributed by atoms with Gasteiger partial charge in [0.05, 0.1) is 5.52 Å². The summed E-state index contributed by atoms with van der Waals surface area (Å²) in [6, 6.07) is 16.3. The van der Waals surface area contributed by atoms with Crippen LogP contribution in [0.1, 0.15) is 38.2 Å². The van der Waals surface area contributed by atoms with Crippen molar-refractivity contribution in [1.82, 2.24) is 15.3 Å². The lowest BCUT2D eigenvalue weighted by molar-refractivity contribution is 0.246. The van der Waals surface area contributed by atoms with E-state index in [9.17, 15) is 4.79 Å². The van der Waals surface area contributed by atoms with Gasteiger partial charge in [0, 0.05) is 37.8 Å². The third-order valence-electron chi connectivity index (χ3n) is 6.38. The van der Waals surface area contributed by atoms with Crippen molar-refractivity contribution in [2.24, 2.45) is 5.92 Å². The molecule has 0 spiro atoms. The highest BCUT2D eigenvalue weighted by molar-refractivity contribution is 5.90. The van der Waals surface area contributed by atoms with Gasteiger partial charge in [0.1, 0.15) is 5.82 Å². The molecule has 2 amide bonds. The van der Waals surface area contributed by atoms with Crippen LogP contribution in [0, 0.1) is 5.92 Å². The fraction of sp³-hybridized carbons (Fsp3) is 0.423. The standard InChI is InChI=1S/C26H34N6O/c1-4-19-9-5-7-11-22(19)30-26(33)27-17-18-13-15-20(16-14-18)28-25-29-23-12-8-6-10-21(23)24(31-25)32(2)3/h5-12,18,20H,4,13-17H2,1-3H3,(H2,27,30,33)(H,28,29,31). The van der Waals surface area contributed by atoms with Gasteiger partial charge in [-0.2, -0.15) is 4.98 Å². The monoisotopic (exact) mass is 446 g/mol.